The summed E-state index contributed by atoms with van der Waals surface area (Å²) in [5, 5.41) is 5.84. The summed E-state index contributed by atoms with van der Waals surface area (Å²) in [6, 6.07) is 9.55. The molecular weight excluding hydrogens is 529 g/mol. The van der Waals surface area contributed by atoms with Gasteiger partial charge in [0.1, 0.15) is 35.2 Å². The number of anilines is 1. The lowest BCUT2D eigenvalue weighted by Crippen LogP contribution is -2.27. The molecule has 2 aromatic carbocycles. The molecule has 11 nitrogen and oxygen atoms in total. The minimum atomic E-state index is -0.565. The first-order chi connectivity index (χ1) is 19.9. The van der Waals surface area contributed by atoms with E-state index >= 15 is 4.39 Å². The van der Waals surface area contributed by atoms with Crippen molar-refractivity contribution in [2.24, 2.45) is 0 Å². The summed E-state index contributed by atoms with van der Waals surface area (Å²) in [6.45, 7) is 4.54. The predicted octanol–water partition coefficient (Wildman–Crippen LogP) is 4.53. The number of halogens is 1. The monoisotopic (exact) mass is 555 g/mol. The van der Waals surface area contributed by atoms with Gasteiger partial charge in [-0.25, -0.2) is 19.0 Å². The maximum atomic E-state index is 15.7. The Kier molecular flexibility index (Phi) is 6.58. The Balaban J connectivity index is 1.36. The second kappa shape index (κ2) is 10.4. The van der Waals surface area contributed by atoms with Gasteiger partial charge in [0, 0.05) is 42.4 Å². The third kappa shape index (κ3) is 4.52. The van der Waals surface area contributed by atoms with Gasteiger partial charge in [-0.2, -0.15) is 5.10 Å². The fourth-order valence-corrected chi connectivity index (χ4v) is 5.12. The van der Waals surface area contributed by atoms with Crippen molar-refractivity contribution >= 4 is 33.7 Å². The number of nitrogen functional groups attached to an aromatic ring is 1. The number of pyridine rings is 1. The molecule has 12 heteroatoms. The van der Waals surface area contributed by atoms with Crippen molar-refractivity contribution in [3.63, 3.8) is 0 Å². The molecule has 0 aliphatic carbocycles. The zero-order chi connectivity index (χ0) is 28.7. The molecule has 208 valence electrons. The molecule has 0 spiro atoms. The highest BCUT2D eigenvalue weighted by molar-refractivity contribution is 5.98. The number of nitrogens with two attached hydrogens (primary N) is 1. The number of hydrogen-bond donors (Lipinski definition) is 1. The van der Waals surface area contributed by atoms with Crippen LogP contribution in [-0.2, 0) is 4.79 Å². The van der Waals surface area contributed by atoms with Crippen molar-refractivity contribution in [1.82, 2.24) is 29.6 Å². The van der Waals surface area contributed by atoms with E-state index in [0.717, 1.165) is 0 Å². The molecule has 4 heterocycles. The molecule has 1 saturated heterocycles. The minimum Gasteiger partial charge on any atom is -0.493 e. The highest BCUT2D eigenvalue weighted by atomic mass is 19.1. The van der Waals surface area contributed by atoms with E-state index in [1.54, 1.807) is 60.3 Å². The topological polar surface area (TPSA) is 131 Å². The predicted molar refractivity (Wildman–Crippen MR) is 150 cm³/mol. The van der Waals surface area contributed by atoms with Crippen LogP contribution in [0.15, 0.2) is 61.6 Å². The van der Waals surface area contributed by atoms with E-state index in [1.165, 1.54) is 18.5 Å². The fraction of sp³-hybridized carbons (Fsp3) is 0.207. The molecule has 1 atom stereocenters. The average molecular weight is 556 g/mol. The van der Waals surface area contributed by atoms with Gasteiger partial charge < -0.3 is 24.8 Å². The summed E-state index contributed by atoms with van der Waals surface area (Å²) in [5.74, 6) is 1.25. The Bertz CT molecular complexity index is 1820. The first-order valence-corrected chi connectivity index (χ1v) is 12.8. The van der Waals surface area contributed by atoms with Gasteiger partial charge in [-0.1, -0.05) is 6.58 Å². The number of likely N-dealkylation sites (tertiary alicyclic amines) is 1. The first-order valence-electron chi connectivity index (χ1n) is 12.8. The van der Waals surface area contributed by atoms with Crippen LogP contribution in [0.25, 0.3) is 33.2 Å². The molecule has 41 heavy (non-hydrogen) atoms. The number of ether oxygens (including phenoxy) is 3. The van der Waals surface area contributed by atoms with Crippen molar-refractivity contribution in [3.05, 3.63) is 67.4 Å². The number of fused-ring (bicyclic) bond motifs is 2. The highest BCUT2D eigenvalue weighted by Crippen LogP contribution is 2.39. The standard InChI is InChI=1S/C29H26FN7O4/c1-4-25(38)36-10-8-16(14-36)37-29-26(28(31)33-15-34-29)27(35-37)18-6-5-17(11-20(18)30)41-22-7-9-32-21-13-24(40-3)23(39-2)12-19(21)22/h4-7,9,11-13,15-16H,1,8,10,14H2,2-3H3,(H2,31,33,34). The summed E-state index contributed by atoms with van der Waals surface area (Å²) in [5.41, 5.74) is 7.85. The van der Waals surface area contributed by atoms with Crippen LogP contribution in [0.5, 0.6) is 23.0 Å². The Labute approximate surface area is 234 Å². The van der Waals surface area contributed by atoms with Crippen LogP contribution < -0.4 is 19.9 Å². The van der Waals surface area contributed by atoms with E-state index in [0.29, 0.717) is 64.4 Å². The third-order valence-electron chi connectivity index (χ3n) is 7.14. The lowest BCUT2D eigenvalue weighted by atomic mass is 10.1. The van der Waals surface area contributed by atoms with Gasteiger partial charge >= 0.3 is 0 Å². The summed E-state index contributed by atoms with van der Waals surface area (Å²) in [4.78, 5) is 26.7. The molecule has 6 rings (SSSR count). The van der Waals surface area contributed by atoms with E-state index in [9.17, 15) is 4.79 Å². The molecule has 0 saturated carbocycles. The molecule has 1 unspecified atom stereocenters. The number of aromatic nitrogens is 5. The number of carbonyl (C=O) groups is 1. The van der Waals surface area contributed by atoms with Crippen LogP contribution in [-0.4, -0.2) is 62.8 Å². The molecule has 2 N–H and O–H groups in total. The number of methoxy groups -OCH3 is 2. The van der Waals surface area contributed by atoms with Crippen molar-refractivity contribution in [2.45, 2.75) is 12.5 Å². The third-order valence-corrected chi connectivity index (χ3v) is 7.14. The summed E-state index contributed by atoms with van der Waals surface area (Å²) >= 11 is 0. The molecule has 1 fully saturated rings. The largest absolute Gasteiger partial charge is 0.493 e. The number of rotatable bonds is 7. The molecule has 1 aliphatic heterocycles. The van der Waals surface area contributed by atoms with E-state index in [1.807, 2.05) is 0 Å². The van der Waals surface area contributed by atoms with Crippen LogP contribution >= 0.6 is 0 Å². The van der Waals surface area contributed by atoms with E-state index in [-0.39, 0.29) is 29.1 Å². The summed E-state index contributed by atoms with van der Waals surface area (Å²) in [7, 11) is 3.09. The van der Waals surface area contributed by atoms with Gasteiger partial charge in [0.2, 0.25) is 5.91 Å². The molecule has 1 amide bonds. The van der Waals surface area contributed by atoms with Crippen LogP contribution in [0.1, 0.15) is 12.5 Å². The van der Waals surface area contributed by atoms with Crippen LogP contribution in [0.4, 0.5) is 10.2 Å². The van der Waals surface area contributed by atoms with Gasteiger partial charge in [0.05, 0.1) is 31.2 Å². The van der Waals surface area contributed by atoms with Crippen molar-refractivity contribution < 1.29 is 23.4 Å². The fourth-order valence-electron chi connectivity index (χ4n) is 5.12. The number of amides is 1. The van der Waals surface area contributed by atoms with E-state index in [4.69, 9.17) is 25.0 Å². The van der Waals surface area contributed by atoms with Crippen LogP contribution in [0.2, 0.25) is 0 Å². The summed E-state index contributed by atoms with van der Waals surface area (Å²) < 4.78 is 34.3. The number of benzene rings is 2. The Morgan fingerprint density at radius 1 is 1.10 bits per heavy atom. The molecule has 5 aromatic rings. The summed E-state index contributed by atoms with van der Waals surface area (Å²) in [6.07, 6.45) is 4.89. The van der Waals surface area contributed by atoms with Gasteiger partial charge in [0.25, 0.3) is 0 Å². The van der Waals surface area contributed by atoms with Crippen molar-refractivity contribution in [1.29, 1.82) is 0 Å². The van der Waals surface area contributed by atoms with E-state index < -0.39 is 5.82 Å². The molecule has 0 radical (unpaired) electrons. The van der Waals surface area contributed by atoms with Gasteiger partial charge in [-0.3, -0.25) is 9.78 Å². The Hall–Kier alpha value is -5.26. The van der Waals surface area contributed by atoms with Crippen molar-refractivity contribution in [2.75, 3.05) is 33.0 Å². The van der Waals surface area contributed by atoms with Crippen molar-refractivity contribution in [3.8, 4) is 34.3 Å². The van der Waals surface area contributed by atoms with Gasteiger partial charge in [-0.05, 0) is 36.8 Å². The zero-order valence-electron chi connectivity index (χ0n) is 22.4. The number of carbonyl (C=O) groups excluding carboxylic acids is 1. The highest BCUT2D eigenvalue weighted by Gasteiger charge is 2.30. The minimum absolute atomic E-state index is 0.153. The van der Waals surface area contributed by atoms with Gasteiger partial charge in [-0.15, -0.1) is 0 Å². The van der Waals surface area contributed by atoms with Crippen LogP contribution in [0, 0.1) is 5.82 Å². The zero-order valence-corrected chi connectivity index (χ0v) is 22.4. The Morgan fingerprint density at radius 3 is 2.66 bits per heavy atom. The van der Waals surface area contributed by atoms with Crippen LogP contribution in [0.3, 0.4) is 0 Å². The molecule has 0 bridgehead atoms. The van der Waals surface area contributed by atoms with E-state index in [2.05, 4.69) is 21.5 Å². The lowest BCUT2D eigenvalue weighted by molar-refractivity contribution is -0.125. The maximum absolute atomic E-state index is 15.7. The quantitative estimate of drug-likeness (QED) is 0.288. The second-order valence-corrected chi connectivity index (χ2v) is 9.46. The normalized spacial score (nSPS) is 14.9. The average Bonchev–Trinajstić information content (AvgIpc) is 3.62. The smallest absolute Gasteiger partial charge is 0.246 e. The first kappa shape index (κ1) is 26.0. The maximum Gasteiger partial charge on any atom is 0.246 e. The Morgan fingerprint density at radius 2 is 1.90 bits per heavy atom. The second-order valence-electron chi connectivity index (χ2n) is 9.46. The lowest BCUT2D eigenvalue weighted by Gasteiger charge is -2.14. The molecule has 3 aromatic heterocycles. The molecular formula is C29H26FN7O4. The number of nitrogens with zero attached hydrogens (tertiary/aromatic N) is 6. The molecule has 1 aliphatic rings. The number of hydrogen-bond acceptors (Lipinski definition) is 9. The SMILES string of the molecule is C=CC(=O)N1CCC(n2nc(-c3ccc(Oc4ccnc5cc(OC)c(OC)cc45)cc3F)c3c(N)ncnc32)C1. The van der Waals surface area contributed by atoms with Gasteiger partial charge in [0.15, 0.2) is 17.1 Å².